The first-order chi connectivity index (χ1) is 13.0. The number of hydrogen-bond acceptors (Lipinski definition) is 3. The number of carboxylic acids is 1. The maximum absolute atomic E-state index is 11.0. The molecule has 148 valence electrons. The minimum absolute atomic E-state index is 0. The highest BCUT2D eigenvalue weighted by molar-refractivity contribution is 6.42. The number of benzene rings is 2. The fraction of sp³-hybridized carbons (Fsp3) is 0.286. The normalized spacial score (nSPS) is 17.9. The zero-order valence-corrected chi connectivity index (χ0v) is 17.4. The summed E-state index contributed by atoms with van der Waals surface area (Å²) < 4.78 is 6.41. The van der Waals surface area contributed by atoms with Crippen molar-refractivity contribution in [3.05, 3.63) is 69.7 Å². The van der Waals surface area contributed by atoms with Crippen molar-refractivity contribution >= 4 is 47.2 Å². The van der Waals surface area contributed by atoms with Gasteiger partial charge in [0.05, 0.1) is 16.6 Å². The van der Waals surface area contributed by atoms with Gasteiger partial charge in [0, 0.05) is 31.5 Å². The molecule has 2 heterocycles. The maximum atomic E-state index is 11.0. The molecule has 0 radical (unpaired) electrons. The van der Waals surface area contributed by atoms with Gasteiger partial charge < -0.3 is 9.84 Å². The Balaban J connectivity index is 0.00000225. The number of carboxylic acid groups (broad SMARTS) is 1. The second-order valence-electron chi connectivity index (χ2n) is 7.02. The Morgan fingerprint density at radius 3 is 2.50 bits per heavy atom. The predicted molar refractivity (Wildman–Crippen MR) is 114 cm³/mol. The molecule has 2 aliphatic heterocycles. The molecule has 0 amide bonds. The number of fused-ring (bicyclic) bond motifs is 1. The van der Waals surface area contributed by atoms with Crippen LogP contribution >= 0.6 is 35.6 Å². The molecule has 1 fully saturated rings. The Labute approximate surface area is 180 Å². The number of piperidine rings is 1. The van der Waals surface area contributed by atoms with Gasteiger partial charge in [-0.3, -0.25) is 9.69 Å². The van der Waals surface area contributed by atoms with E-state index in [1.54, 1.807) is 6.07 Å². The first-order valence-electron chi connectivity index (χ1n) is 8.87. The summed E-state index contributed by atoms with van der Waals surface area (Å²) in [4.78, 5) is 12.9. The SMILES string of the molecule is Cl.O=C(O)CN1CCC2(C=C(c3ccc(Cl)c(Cl)c3)c3ccccc3O2)CC1. The zero-order chi connectivity index (χ0) is 19.0. The monoisotopic (exact) mass is 439 g/mol. The molecule has 0 bridgehead atoms. The Kier molecular flexibility index (Phi) is 6.25. The van der Waals surface area contributed by atoms with E-state index in [0.29, 0.717) is 23.1 Å². The fourth-order valence-electron chi connectivity index (χ4n) is 3.80. The van der Waals surface area contributed by atoms with Crippen molar-refractivity contribution in [3.63, 3.8) is 0 Å². The van der Waals surface area contributed by atoms with E-state index in [-0.39, 0.29) is 19.0 Å². The molecule has 4 rings (SSSR count). The maximum Gasteiger partial charge on any atom is 0.317 e. The van der Waals surface area contributed by atoms with Crippen LogP contribution in [-0.2, 0) is 4.79 Å². The van der Waals surface area contributed by atoms with Crippen molar-refractivity contribution in [2.75, 3.05) is 19.6 Å². The van der Waals surface area contributed by atoms with Crippen LogP contribution in [0.3, 0.4) is 0 Å². The van der Waals surface area contributed by atoms with Crippen LogP contribution in [0.2, 0.25) is 10.0 Å². The van der Waals surface area contributed by atoms with Crippen LogP contribution in [0.5, 0.6) is 5.75 Å². The van der Waals surface area contributed by atoms with Gasteiger partial charge in [-0.1, -0.05) is 47.5 Å². The van der Waals surface area contributed by atoms with Gasteiger partial charge in [0.25, 0.3) is 0 Å². The van der Waals surface area contributed by atoms with Crippen molar-refractivity contribution in [3.8, 4) is 5.75 Å². The first-order valence-corrected chi connectivity index (χ1v) is 9.62. The van der Waals surface area contributed by atoms with E-state index >= 15 is 0 Å². The number of hydrogen-bond donors (Lipinski definition) is 1. The van der Waals surface area contributed by atoms with E-state index in [2.05, 4.69) is 6.08 Å². The number of aliphatic carboxylic acids is 1. The Bertz CT molecular complexity index is 921. The van der Waals surface area contributed by atoms with Crippen LogP contribution in [0, 0.1) is 0 Å². The Morgan fingerprint density at radius 2 is 1.82 bits per heavy atom. The van der Waals surface area contributed by atoms with Crippen LogP contribution in [0.25, 0.3) is 5.57 Å². The van der Waals surface area contributed by atoms with E-state index in [4.69, 9.17) is 33.0 Å². The second kappa shape index (κ2) is 8.34. The third-order valence-electron chi connectivity index (χ3n) is 5.19. The summed E-state index contributed by atoms with van der Waals surface area (Å²) in [6, 6.07) is 13.6. The summed E-state index contributed by atoms with van der Waals surface area (Å²) in [5.41, 5.74) is 2.65. The topological polar surface area (TPSA) is 49.8 Å². The molecular weight excluding hydrogens is 421 g/mol. The molecule has 1 saturated heterocycles. The first kappa shape index (κ1) is 21.0. The fourth-order valence-corrected chi connectivity index (χ4v) is 4.10. The molecule has 2 aromatic rings. The van der Waals surface area contributed by atoms with Gasteiger partial charge in [-0.25, -0.2) is 0 Å². The molecule has 7 heteroatoms. The largest absolute Gasteiger partial charge is 0.482 e. The quantitative estimate of drug-likeness (QED) is 0.716. The number of nitrogens with zero attached hydrogens (tertiary/aromatic N) is 1. The van der Waals surface area contributed by atoms with Gasteiger partial charge >= 0.3 is 5.97 Å². The smallest absolute Gasteiger partial charge is 0.317 e. The number of halogens is 3. The van der Waals surface area contributed by atoms with Crippen LogP contribution in [0.4, 0.5) is 0 Å². The molecule has 28 heavy (non-hydrogen) atoms. The zero-order valence-electron chi connectivity index (χ0n) is 15.0. The number of para-hydroxylation sites is 1. The molecule has 2 aliphatic rings. The van der Waals surface area contributed by atoms with Crippen molar-refractivity contribution in [2.24, 2.45) is 0 Å². The third kappa shape index (κ3) is 4.15. The lowest BCUT2D eigenvalue weighted by atomic mass is 9.83. The molecule has 1 spiro atoms. The van der Waals surface area contributed by atoms with Crippen molar-refractivity contribution in [1.82, 2.24) is 4.90 Å². The van der Waals surface area contributed by atoms with Crippen LogP contribution in [-0.4, -0.2) is 41.2 Å². The Hall–Kier alpha value is -1.72. The lowest BCUT2D eigenvalue weighted by Crippen LogP contribution is -2.49. The summed E-state index contributed by atoms with van der Waals surface area (Å²) in [7, 11) is 0. The molecule has 0 saturated carbocycles. The number of ether oxygens (including phenoxy) is 1. The molecule has 0 aliphatic carbocycles. The minimum Gasteiger partial charge on any atom is -0.482 e. The molecule has 1 N–H and O–H groups in total. The highest BCUT2D eigenvalue weighted by Gasteiger charge is 2.39. The summed E-state index contributed by atoms with van der Waals surface area (Å²) >= 11 is 12.3. The third-order valence-corrected chi connectivity index (χ3v) is 5.93. The van der Waals surface area contributed by atoms with E-state index in [1.165, 1.54) is 0 Å². The molecular formula is C21H20Cl3NO3. The molecule has 0 aromatic heterocycles. The predicted octanol–water partition coefficient (Wildman–Crippen LogP) is 5.16. The lowest BCUT2D eigenvalue weighted by Gasteiger charge is -2.42. The highest BCUT2D eigenvalue weighted by atomic mass is 35.5. The van der Waals surface area contributed by atoms with E-state index in [9.17, 15) is 4.79 Å². The Morgan fingerprint density at radius 1 is 1.11 bits per heavy atom. The van der Waals surface area contributed by atoms with Gasteiger partial charge in [-0.2, -0.15) is 0 Å². The molecule has 2 aromatic carbocycles. The standard InChI is InChI=1S/C21H19Cl2NO3.ClH/c22-17-6-5-14(11-18(17)23)16-12-21(27-19-4-2-1-3-15(16)19)7-9-24(10-8-21)13-20(25)26;/h1-6,11-12H,7-10,13H2,(H,25,26);1H. The van der Waals surface area contributed by atoms with Gasteiger partial charge in [0.15, 0.2) is 0 Å². The van der Waals surface area contributed by atoms with Gasteiger partial charge in [0.2, 0.25) is 0 Å². The van der Waals surface area contributed by atoms with E-state index in [0.717, 1.165) is 35.3 Å². The van der Waals surface area contributed by atoms with Gasteiger partial charge in [-0.05, 0) is 35.4 Å². The lowest BCUT2D eigenvalue weighted by molar-refractivity contribution is -0.139. The molecule has 4 nitrogen and oxygen atoms in total. The second-order valence-corrected chi connectivity index (χ2v) is 7.83. The number of likely N-dealkylation sites (tertiary alicyclic amines) is 1. The summed E-state index contributed by atoms with van der Waals surface area (Å²) in [6.45, 7) is 1.43. The van der Waals surface area contributed by atoms with Crippen LogP contribution in [0.1, 0.15) is 24.0 Å². The average Bonchev–Trinajstić information content (AvgIpc) is 2.65. The van der Waals surface area contributed by atoms with Crippen molar-refractivity contribution in [2.45, 2.75) is 18.4 Å². The van der Waals surface area contributed by atoms with Gasteiger partial charge in [-0.15, -0.1) is 12.4 Å². The number of carbonyl (C=O) groups is 1. The summed E-state index contributed by atoms with van der Waals surface area (Å²) in [5, 5.41) is 10.1. The van der Waals surface area contributed by atoms with E-state index in [1.807, 2.05) is 41.3 Å². The van der Waals surface area contributed by atoms with Crippen LogP contribution in [0.15, 0.2) is 48.5 Å². The minimum atomic E-state index is -0.798. The average molecular weight is 441 g/mol. The molecule has 0 atom stereocenters. The summed E-state index contributed by atoms with van der Waals surface area (Å²) in [5.74, 6) is 0.0423. The highest BCUT2D eigenvalue weighted by Crippen LogP contribution is 2.43. The van der Waals surface area contributed by atoms with Crippen molar-refractivity contribution in [1.29, 1.82) is 0 Å². The van der Waals surface area contributed by atoms with Gasteiger partial charge in [0.1, 0.15) is 11.4 Å². The van der Waals surface area contributed by atoms with E-state index < -0.39 is 11.6 Å². The molecule has 0 unspecified atom stereocenters. The number of rotatable bonds is 3. The summed E-state index contributed by atoms with van der Waals surface area (Å²) in [6.07, 6.45) is 3.64. The van der Waals surface area contributed by atoms with Crippen LogP contribution < -0.4 is 4.74 Å². The van der Waals surface area contributed by atoms with Crippen molar-refractivity contribution < 1.29 is 14.6 Å².